The lowest BCUT2D eigenvalue weighted by atomic mass is 10.1. The van der Waals surface area contributed by atoms with Crippen LogP contribution in [0.5, 0.6) is 5.75 Å². The number of alkyl carbamates (subject to hydrolysis) is 1. The number of carbonyl (C=O) groups excluding carboxylic acids is 2. The van der Waals surface area contributed by atoms with Crippen molar-refractivity contribution < 1.29 is 19.1 Å². The van der Waals surface area contributed by atoms with Crippen LogP contribution in [0.15, 0.2) is 28.4 Å². The monoisotopic (exact) mass is 318 g/mol. The fourth-order valence-corrected chi connectivity index (χ4v) is 1.67. The van der Waals surface area contributed by atoms with Gasteiger partial charge in [0.15, 0.2) is 0 Å². The molecule has 0 spiro atoms. The zero-order valence-electron chi connectivity index (χ0n) is 13.2. The number of nitrogens with one attached hydrogen (secondary N) is 1. The van der Waals surface area contributed by atoms with E-state index in [1.807, 2.05) is 12.2 Å². The van der Waals surface area contributed by atoms with E-state index in [0.717, 1.165) is 5.56 Å². The predicted octanol–water partition coefficient (Wildman–Crippen LogP) is 2.50. The topological polar surface area (TPSA) is 113 Å². The van der Waals surface area contributed by atoms with Gasteiger partial charge in [0.05, 0.1) is 32.0 Å². The first-order valence-corrected chi connectivity index (χ1v) is 6.91. The first kappa shape index (κ1) is 18.1. The first-order valence-electron chi connectivity index (χ1n) is 6.91. The van der Waals surface area contributed by atoms with E-state index in [0.29, 0.717) is 11.4 Å². The van der Waals surface area contributed by atoms with Crippen molar-refractivity contribution in [3.05, 3.63) is 23.8 Å². The minimum Gasteiger partial charge on any atom is -0.496 e. The average Bonchev–Trinajstić information content (AvgIpc) is 2.53. The van der Waals surface area contributed by atoms with Gasteiger partial charge in [0.2, 0.25) is 5.91 Å². The summed E-state index contributed by atoms with van der Waals surface area (Å²) in [5, 5.41) is 18.8. The Hall–Kier alpha value is -2.95. The largest absolute Gasteiger partial charge is 0.496 e. The van der Waals surface area contributed by atoms with Crippen molar-refractivity contribution in [3.8, 4) is 11.8 Å². The number of methoxy groups -OCH3 is 1. The van der Waals surface area contributed by atoms with Crippen LogP contribution in [0.1, 0.15) is 12.5 Å². The molecule has 0 aliphatic carbocycles. The molecule has 1 N–H and O–H groups in total. The maximum absolute atomic E-state index is 11.7. The van der Waals surface area contributed by atoms with Crippen LogP contribution in [0.25, 0.3) is 0 Å². The Morgan fingerprint density at radius 2 is 2.17 bits per heavy atom. The highest BCUT2D eigenvalue weighted by molar-refractivity contribution is 5.94. The second-order valence-corrected chi connectivity index (χ2v) is 4.42. The van der Waals surface area contributed by atoms with Crippen molar-refractivity contribution in [2.75, 3.05) is 20.3 Å². The van der Waals surface area contributed by atoms with Gasteiger partial charge in [-0.2, -0.15) is 15.5 Å². The molecule has 1 aromatic carbocycles. The molecule has 1 unspecified atom stereocenters. The Morgan fingerprint density at radius 3 is 2.78 bits per heavy atom. The van der Waals surface area contributed by atoms with Crippen molar-refractivity contribution in [1.82, 2.24) is 5.32 Å². The molecule has 1 rings (SSSR count). The summed E-state index contributed by atoms with van der Waals surface area (Å²) >= 11 is 0. The van der Waals surface area contributed by atoms with Gasteiger partial charge in [-0.25, -0.2) is 4.79 Å². The molecule has 0 saturated heterocycles. The second kappa shape index (κ2) is 9.15. The Bertz CT molecular complexity index is 637. The molecule has 8 nitrogen and oxygen atoms in total. The third-order valence-corrected chi connectivity index (χ3v) is 2.89. The summed E-state index contributed by atoms with van der Waals surface area (Å²) in [4.78, 5) is 22.9. The zero-order chi connectivity index (χ0) is 17.2. The molecule has 0 fully saturated rings. The lowest BCUT2D eigenvalue weighted by Gasteiger charge is -2.07. The Balaban J connectivity index is 2.69. The SMILES string of the molecule is CCOC(=O)NC(=O)C(C#N)CN=Nc1cccc(OC)c1C. The van der Waals surface area contributed by atoms with E-state index < -0.39 is 17.9 Å². The number of imide groups is 1. The lowest BCUT2D eigenvalue weighted by molar-refractivity contribution is -0.122. The van der Waals surface area contributed by atoms with Crippen LogP contribution in [0.3, 0.4) is 0 Å². The van der Waals surface area contributed by atoms with Gasteiger partial charge in [0, 0.05) is 5.56 Å². The normalized spacial score (nSPS) is 11.6. The maximum atomic E-state index is 11.7. The number of amides is 2. The van der Waals surface area contributed by atoms with Gasteiger partial charge < -0.3 is 9.47 Å². The molecule has 0 aliphatic rings. The van der Waals surface area contributed by atoms with Gasteiger partial charge in [0.25, 0.3) is 0 Å². The van der Waals surface area contributed by atoms with Gasteiger partial charge in [0.1, 0.15) is 11.7 Å². The molecule has 2 amide bonds. The predicted molar refractivity (Wildman–Crippen MR) is 81.4 cm³/mol. The second-order valence-electron chi connectivity index (χ2n) is 4.42. The van der Waals surface area contributed by atoms with Crippen LogP contribution in [-0.4, -0.2) is 32.3 Å². The van der Waals surface area contributed by atoms with E-state index in [1.165, 1.54) is 0 Å². The maximum Gasteiger partial charge on any atom is 0.413 e. The van der Waals surface area contributed by atoms with Crippen molar-refractivity contribution in [1.29, 1.82) is 5.26 Å². The van der Waals surface area contributed by atoms with Crippen LogP contribution in [0.4, 0.5) is 10.5 Å². The number of azo groups is 1. The fraction of sp³-hybridized carbons (Fsp3) is 0.400. The molecule has 0 heterocycles. The third kappa shape index (κ3) is 5.39. The first-order chi connectivity index (χ1) is 11.0. The highest BCUT2D eigenvalue weighted by Crippen LogP contribution is 2.27. The zero-order valence-corrected chi connectivity index (χ0v) is 13.2. The summed E-state index contributed by atoms with van der Waals surface area (Å²) < 4.78 is 9.74. The van der Waals surface area contributed by atoms with Crippen molar-refractivity contribution in [3.63, 3.8) is 0 Å². The number of hydrogen-bond acceptors (Lipinski definition) is 7. The van der Waals surface area contributed by atoms with E-state index in [1.54, 1.807) is 38.3 Å². The number of rotatable bonds is 6. The minimum absolute atomic E-state index is 0.130. The molecule has 122 valence electrons. The van der Waals surface area contributed by atoms with Crippen LogP contribution < -0.4 is 10.1 Å². The van der Waals surface area contributed by atoms with Gasteiger partial charge in [-0.05, 0) is 26.0 Å². The molecular formula is C15H18N4O4. The summed E-state index contributed by atoms with van der Waals surface area (Å²) in [5.74, 6) is -1.24. The van der Waals surface area contributed by atoms with Crippen molar-refractivity contribution in [2.45, 2.75) is 13.8 Å². The molecule has 0 aliphatic heterocycles. The van der Waals surface area contributed by atoms with E-state index in [4.69, 9.17) is 10.00 Å². The molecular weight excluding hydrogens is 300 g/mol. The van der Waals surface area contributed by atoms with Crippen LogP contribution in [-0.2, 0) is 9.53 Å². The molecule has 0 aromatic heterocycles. The summed E-state index contributed by atoms with van der Waals surface area (Å²) in [7, 11) is 1.55. The smallest absolute Gasteiger partial charge is 0.413 e. The number of nitriles is 1. The van der Waals surface area contributed by atoms with Gasteiger partial charge in [-0.3, -0.25) is 10.1 Å². The number of ether oxygens (including phenoxy) is 2. The fourth-order valence-electron chi connectivity index (χ4n) is 1.67. The van der Waals surface area contributed by atoms with Crippen molar-refractivity contribution in [2.24, 2.45) is 16.1 Å². The summed E-state index contributed by atoms with van der Waals surface area (Å²) in [5.41, 5.74) is 1.37. The van der Waals surface area contributed by atoms with E-state index in [2.05, 4.69) is 15.0 Å². The minimum atomic E-state index is -1.13. The van der Waals surface area contributed by atoms with Gasteiger partial charge in [-0.1, -0.05) is 6.07 Å². The molecule has 1 aromatic rings. The van der Waals surface area contributed by atoms with Gasteiger partial charge in [-0.15, -0.1) is 0 Å². The van der Waals surface area contributed by atoms with E-state index in [9.17, 15) is 9.59 Å². The van der Waals surface area contributed by atoms with Crippen LogP contribution in [0.2, 0.25) is 0 Å². The average molecular weight is 318 g/mol. The number of benzene rings is 1. The summed E-state index contributed by atoms with van der Waals surface area (Å²) in [6, 6.07) is 7.06. The number of hydrogen-bond donors (Lipinski definition) is 1. The third-order valence-electron chi connectivity index (χ3n) is 2.89. The Kier molecular flexibility index (Phi) is 7.20. The van der Waals surface area contributed by atoms with Crippen molar-refractivity contribution >= 4 is 17.7 Å². The van der Waals surface area contributed by atoms with E-state index in [-0.39, 0.29) is 13.2 Å². The molecule has 0 bridgehead atoms. The molecule has 1 atom stereocenters. The van der Waals surface area contributed by atoms with E-state index >= 15 is 0 Å². The number of carbonyl (C=O) groups is 2. The van der Waals surface area contributed by atoms with Gasteiger partial charge >= 0.3 is 6.09 Å². The quantitative estimate of drug-likeness (QED) is 0.809. The molecule has 0 radical (unpaired) electrons. The highest BCUT2D eigenvalue weighted by Gasteiger charge is 2.20. The summed E-state index contributed by atoms with van der Waals surface area (Å²) in [6.45, 7) is 3.39. The Morgan fingerprint density at radius 1 is 1.43 bits per heavy atom. The van der Waals surface area contributed by atoms with Crippen LogP contribution >= 0.6 is 0 Å². The standard InChI is InChI=1S/C15H18N4O4/c1-4-23-15(21)18-14(20)11(8-16)9-17-19-12-6-5-7-13(22-3)10(12)2/h5-7,11H,4,9H2,1-3H3,(H,18,20,21). The molecule has 0 saturated carbocycles. The summed E-state index contributed by atoms with van der Waals surface area (Å²) in [6.07, 6.45) is -0.890. The lowest BCUT2D eigenvalue weighted by Crippen LogP contribution is -2.36. The van der Waals surface area contributed by atoms with Crippen LogP contribution in [0, 0.1) is 24.2 Å². The molecule has 23 heavy (non-hydrogen) atoms. The Labute approximate surface area is 134 Å². The molecule has 8 heteroatoms. The number of nitrogens with zero attached hydrogens (tertiary/aromatic N) is 3. The highest BCUT2D eigenvalue weighted by atomic mass is 16.5.